The Morgan fingerprint density at radius 1 is 1.62 bits per heavy atom. The average Bonchev–Trinajstić information content (AvgIpc) is 2.53. The van der Waals surface area contributed by atoms with Crippen molar-refractivity contribution in [2.75, 3.05) is 0 Å². The van der Waals surface area contributed by atoms with Crippen LogP contribution >= 0.6 is 0 Å². The largest absolute Gasteiger partial charge is 0.325 e. The molecule has 0 saturated heterocycles. The van der Waals surface area contributed by atoms with E-state index < -0.39 is 5.92 Å². The highest BCUT2D eigenvalue weighted by Gasteiger charge is 2.43. The van der Waals surface area contributed by atoms with E-state index in [0.717, 1.165) is 0 Å². The van der Waals surface area contributed by atoms with Gasteiger partial charge in [0.2, 0.25) is 0 Å². The van der Waals surface area contributed by atoms with Crippen LogP contribution in [-0.2, 0) is 25.9 Å². The molecule has 72 valence electrons. The topological polar surface area (TPSA) is 43.8 Å². The molecule has 0 fully saturated rings. The lowest BCUT2D eigenvalue weighted by Crippen LogP contribution is -2.12. The SMILES string of the molecule is Cn1nc(CN)c2c1CCC2(F)F. The lowest BCUT2D eigenvalue weighted by molar-refractivity contribution is -0.00284. The van der Waals surface area contributed by atoms with Gasteiger partial charge in [0.1, 0.15) is 0 Å². The standard InChI is InChI=1S/C8H11F2N3/c1-13-6-2-3-8(9,10)7(6)5(4-11)12-13/h2-4,11H2,1H3. The summed E-state index contributed by atoms with van der Waals surface area (Å²) in [5.74, 6) is -2.72. The number of nitrogens with two attached hydrogens (primary N) is 1. The summed E-state index contributed by atoms with van der Waals surface area (Å²) < 4.78 is 28.1. The first-order valence-electron chi connectivity index (χ1n) is 4.19. The van der Waals surface area contributed by atoms with Crippen LogP contribution in [0.2, 0.25) is 0 Å². The minimum Gasteiger partial charge on any atom is -0.325 e. The molecule has 1 aliphatic carbocycles. The Kier molecular flexibility index (Phi) is 1.66. The molecule has 1 aliphatic rings. The Bertz CT molecular complexity index is 343. The molecule has 0 spiro atoms. The van der Waals surface area contributed by atoms with Crippen molar-refractivity contribution in [3.8, 4) is 0 Å². The summed E-state index contributed by atoms with van der Waals surface area (Å²) in [4.78, 5) is 0. The number of hydrogen-bond donors (Lipinski definition) is 1. The highest BCUT2D eigenvalue weighted by molar-refractivity contribution is 5.35. The van der Waals surface area contributed by atoms with E-state index in [1.54, 1.807) is 7.05 Å². The van der Waals surface area contributed by atoms with E-state index in [2.05, 4.69) is 5.10 Å². The molecule has 3 nitrogen and oxygen atoms in total. The van der Waals surface area contributed by atoms with Crippen molar-refractivity contribution in [3.05, 3.63) is 17.0 Å². The molecule has 0 amide bonds. The number of alkyl halides is 2. The molecule has 0 aliphatic heterocycles. The highest BCUT2D eigenvalue weighted by atomic mass is 19.3. The second-order valence-corrected chi connectivity index (χ2v) is 3.30. The molecule has 0 bridgehead atoms. The molecule has 5 heteroatoms. The molecule has 0 aromatic carbocycles. The zero-order valence-electron chi connectivity index (χ0n) is 7.35. The van der Waals surface area contributed by atoms with Gasteiger partial charge in [-0.05, 0) is 6.42 Å². The van der Waals surface area contributed by atoms with Gasteiger partial charge in [0.15, 0.2) is 0 Å². The first-order valence-corrected chi connectivity index (χ1v) is 4.19. The zero-order valence-corrected chi connectivity index (χ0v) is 7.35. The third-order valence-electron chi connectivity index (χ3n) is 2.47. The Balaban J connectivity index is 2.60. The Labute approximate surface area is 74.5 Å². The predicted molar refractivity (Wildman–Crippen MR) is 43.3 cm³/mol. The Hall–Kier alpha value is -0.970. The van der Waals surface area contributed by atoms with Gasteiger partial charge < -0.3 is 5.73 Å². The van der Waals surface area contributed by atoms with Crippen LogP contribution < -0.4 is 5.73 Å². The zero-order chi connectivity index (χ0) is 9.64. The van der Waals surface area contributed by atoms with Gasteiger partial charge in [-0.2, -0.15) is 5.10 Å². The van der Waals surface area contributed by atoms with Gasteiger partial charge in [-0.3, -0.25) is 4.68 Å². The number of halogens is 2. The number of aryl methyl sites for hydroxylation is 1. The first kappa shape index (κ1) is 8.62. The second-order valence-electron chi connectivity index (χ2n) is 3.30. The van der Waals surface area contributed by atoms with Gasteiger partial charge in [-0.1, -0.05) is 0 Å². The molecule has 1 aromatic rings. The van der Waals surface area contributed by atoms with Gasteiger partial charge in [0, 0.05) is 25.7 Å². The molecule has 1 aromatic heterocycles. The van der Waals surface area contributed by atoms with E-state index in [9.17, 15) is 8.78 Å². The quantitative estimate of drug-likeness (QED) is 0.710. The summed E-state index contributed by atoms with van der Waals surface area (Å²) in [5, 5.41) is 3.96. The maximum absolute atomic E-state index is 13.3. The Morgan fingerprint density at radius 2 is 2.31 bits per heavy atom. The van der Waals surface area contributed by atoms with Crippen molar-refractivity contribution in [2.45, 2.75) is 25.3 Å². The molecule has 1 heterocycles. The van der Waals surface area contributed by atoms with E-state index in [4.69, 9.17) is 5.73 Å². The fourth-order valence-electron chi connectivity index (χ4n) is 1.87. The molecule has 0 saturated carbocycles. The maximum atomic E-state index is 13.3. The number of aromatic nitrogens is 2. The molecule has 0 unspecified atom stereocenters. The van der Waals surface area contributed by atoms with Crippen molar-refractivity contribution in [2.24, 2.45) is 12.8 Å². The van der Waals surface area contributed by atoms with Gasteiger partial charge >= 0.3 is 0 Å². The minimum absolute atomic E-state index is 0.0671. The third kappa shape index (κ3) is 1.07. The summed E-state index contributed by atoms with van der Waals surface area (Å²) in [6.07, 6.45) is 0.285. The molecule has 13 heavy (non-hydrogen) atoms. The molecule has 0 atom stereocenters. The van der Waals surface area contributed by atoms with Crippen LogP contribution in [-0.4, -0.2) is 9.78 Å². The van der Waals surface area contributed by atoms with Crippen molar-refractivity contribution in [1.82, 2.24) is 9.78 Å². The lowest BCUT2D eigenvalue weighted by atomic mass is 10.1. The summed E-state index contributed by atoms with van der Waals surface area (Å²) >= 11 is 0. The van der Waals surface area contributed by atoms with Gasteiger partial charge in [-0.25, -0.2) is 8.78 Å². The van der Waals surface area contributed by atoms with Crippen LogP contribution in [0.15, 0.2) is 0 Å². The highest BCUT2D eigenvalue weighted by Crippen LogP contribution is 2.42. The summed E-state index contributed by atoms with van der Waals surface area (Å²) in [7, 11) is 1.68. The third-order valence-corrected chi connectivity index (χ3v) is 2.47. The van der Waals surface area contributed by atoms with Crippen LogP contribution in [0.1, 0.15) is 23.4 Å². The summed E-state index contributed by atoms with van der Waals surface area (Å²) in [6, 6.07) is 0. The molecular weight excluding hydrogens is 176 g/mol. The minimum atomic E-state index is -2.72. The fourth-order valence-corrected chi connectivity index (χ4v) is 1.87. The van der Waals surface area contributed by atoms with Gasteiger partial charge in [0.25, 0.3) is 5.92 Å². The second kappa shape index (κ2) is 2.51. The normalized spacial score (nSPS) is 19.1. The van der Waals surface area contributed by atoms with Gasteiger partial charge in [-0.15, -0.1) is 0 Å². The van der Waals surface area contributed by atoms with E-state index in [1.807, 2.05) is 0 Å². The molecular formula is C8H11F2N3. The summed E-state index contributed by atoms with van der Waals surface area (Å²) in [5.41, 5.74) is 6.38. The molecule has 0 radical (unpaired) electrons. The average molecular weight is 187 g/mol. The van der Waals surface area contributed by atoms with E-state index in [1.165, 1.54) is 4.68 Å². The number of rotatable bonds is 1. The molecule has 2 rings (SSSR count). The van der Waals surface area contributed by atoms with Crippen molar-refractivity contribution in [1.29, 1.82) is 0 Å². The van der Waals surface area contributed by atoms with Crippen LogP contribution in [0.5, 0.6) is 0 Å². The van der Waals surface area contributed by atoms with Crippen LogP contribution in [0, 0.1) is 0 Å². The van der Waals surface area contributed by atoms with Crippen LogP contribution in [0.3, 0.4) is 0 Å². The Morgan fingerprint density at radius 3 is 2.92 bits per heavy atom. The van der Waals surface area contributed by atoms with E-state index >= 15 is 0 Å². The monoisotopic (exact) mass is 187 g/mol. The van der Waals surface area contributed by atoms with Crippen LogP contribution in [0.25, 0.3) is 0 Å². The number of fused-ring (bicyclic) bond motifs is 1. The summed E-state index contributed by atoms with van der Waals surface area (Å²) in [6.45, 7) is 0.0821. The van der Waals surface area contributed by atoms with Crippen LogP contribution in [0.4, 0.5) is 8.78 Å². The lowest BCUT2D eigenvalue weighted by Gasteiger charge is -2.08. The first-order chi connectivity index (χ1) is 6.06. The smallest absolute Gasteiger partial charge is 0.277 e. The fraction of sp³-hybridized carbons (Fsp3) is 0.625. The van der Waals surface area contributed by atoms with Crippen molar-refractivity contribution >= 4 is 0 Å². The van der Waals surface area contributed by atoms with E-state index in [0.29, 0.717) is 17.8 Å². The number of hydrogen-bond acceptors (Lipinski definition) is 2. The molecule has 2 N–H and O–H groups in total. The van der Waals surface area contributed by atoms with Gasteiger partial charge in [0.05, 0.1) is 11.3 Å². The van der Waals surface area contributed by atoms with Crippen molar-refractivity contribution in [3.63, 3.8) is 0 Å². The number of nitrogens with zero attached hydrogens (tertiary/aromatic N) is 2. The maximum Gasteiger partial charge on any atom is 0.277 e. The predicted octanol–water partition coefficient (Wildman–Crippen LogP) is 0.917. The van der Waals surface area contributed by atoms with E-state index in [-0.39, 0.29) is 18.5 Å². The van der Waals surface area contributed by atoms with Crippen molar-refractivity contribution < 1.29 is 8.78 Å².